The van der Waals surface area contributed by atoms with Gasteiger partial charge in [0.1, 0.15) is 0 Å². The van der Waals surface area contributed by atoms with E-state index in [4.69, 9.17) is 0 Å². The number of rotatable bonds is 2. The Morgan fingerprint density at radius 2 is 1.74 bits per heavy atom. The van der Waals surface area contributed by atoms with Crippen molar-refractivity contribution in [1.29, 1.82) is 0 Å². The van der Waals surface area contributed by atoms with Crippen LogP contribution in [-0.2, 0) is 4.79 Å². The monoisotopic (exact) mass is 310 g/mol. The van der Waals surface area contributed by atoms with E-state index in [0.29, 0.717) is 13.1 Å². The second-order valence-corrected chi connectivity index (χ2v) is 6.04. The molecule has 0 saturated carbocycles. The first-order valence-corrected chi connectivity index (χ1v) is 7.94. The van der Waals surface area contributed by atoms with Crippen LogP contribution in [0.25, 0.3) is 0 Å². The molecular weight excluding hydrogens is 288 g/mol. The Morgan fingerprint density at radius 1 is 1.09 bits per heavy atom. The first kappa shape index (κ1) is 15.5. The van der Waals surface area contributed by atoms with Gasteiger partial charge in [0, 0.05) is 37.9 Å². The van der Waals surface area contributed by atoms with Crippen LogP contribution in [0.2, 0.25) is 0 Å². The highest BCUT2D eigenvalue weighted by Gasteiger charge is 2.31. The van der Waals surface area contributed by atoms with Gasteiger partial charge in [-0.05, 0) is 25.5 Å². The molecule has 120 valence electrons. The van der Waals surface area contributed by atoms with Gasteiger partial charge in [-0.3, -0.25) is 4.79 Å². The quantitative estimate of drug-likeness (QED) is 0.855. The number of aromatic nitrogens is 2. The van der Waals surface area contributed by atoms with Crippen molar-refractivity contribution in [1.82, 2.24) is 14.9 Å². The van der Waals surface area contributed by atoms with Gasteiger partial charge in [-0.25, -0.2) is 9.97 Å². The number of hydrogen-bond acceptors (Lipinski definition) is 4. The lowest BCUT2D eigenvalue weighted by Gasteiger charge is -2.41. The Bertz CT molecular complexity index is 681. The molecule has 0 N–H and O–H groups in total. The van der Waals surface area contributed by atoms with E-state index in [1.807, 2.05) is 43.0 Å². The van der Waals surface area contributed by atoms with Gasteiger partial charge in [0.15, 0.2) is 0 Å². The first-order valence-electron chi connectivity index (χ1n) is 7.94. The molecule has 0 bridgehead atoms. The predicted molar refractivity (Wildman–Crippen MR) is 90.3 cm³/mol. The van der Waals surface area contributed by atoms with E-state index < -0.39 is 0 Å². The molecule has 0 radical (unpaired) electrons. The molecule has 0 spiro atoms. The summed E-state index contributed by atoms with van der Waals surface area (Å²) in [6.07, 6.45) is 0. The first-order chi connectivity index (χ1) is 11.0. The Morgan fingerprint density at radius 3 is 2.35 bits per heavy atom. The van der Waals surface area contributed by atoms with E-state index in [1.54, 1.807) is 6.92 Å². The van der Waals surface area contributed by atoms with E-state index in [-0.39, 0.29) is 11.9 Å². The third-order valence-electron chi connectivity index (χ3n) is 4.22. The molecule has 5 nitrogen and oxygen atoms in total. The predicted octanol–water partition coefficient (Wildman–Crippen LogP) is 2.50. The zero-order chi connectivity index (χ0) is 16.4. The number of anilines is 1. The van der Waals surface area contributed by atoms with Gasteiger partial charge in [-0.1, -0.05) is 30.3 Å². The van der Waals surface area contributed by atoms with Crippen LogP contribution in [0, 0.1) is 13.8 Å². The molecule has 1 saturated heterocycles. The molecule has 5 heteroatoms. The highest BCUT2D eigenvalue weighted by atomic mass is 16.2. The van der Waals surface area contributed by atoms with Crippen LogP contribution in [0.5, 0.6) is 0 Å². The zero-order valence-corrected chi connectivity index (χ0v) is 13.9. The van der Waals surface area contributed by atoms with Crippen LogP contribution in [-0.4, -0.2) is 40.4 Å². The maximum absolute atomic E-state index is 12.0. The van der Waals surface area contributed by atoms with E-state index in [1.165, 1.54) is 0 Å². The number of amides is 1. The van der Waals surface area contributed by atoms with E-state index in [0.717, 1.165) is 29.4 Å². The van der Waals surface area contributed by atoms with Crippen molar-refractivity contribution in [2.45, 2.75) is 26.8 Å². The molecule has 3 rings (SSSR count). The molecule has 0 unspecified atom stereocenters. The Kier molecular flexibility index (Phi) is 4.28. The van der Waals surface area contributed by atoms with Gasteiger partial charge in [0.2, 0.25) is 11.9 Å². The SMILES string of the molecule is CC(=O)N1CCN(c2nc(C)cc(C)n2)C[C@@H]1c1ccccc1. The third-order valence-corrected chi connectivity index (χ3v) is 4.22. The summed E-state index contributed by atoms with van der Waals surface area (Å²) >= 11 is 0. The highest BCUT2D eigenvalue weighted by molar-refractivity contribution is 5.74. The lowest BCUT2D eigenvalue weighted by Crippen LogP contribution is -2.50. The smallest absolute Gasteiger partial charge is 0.225 e. The molecule has 2 aromatic rings. The summed E-state index contributed by atoms with van der Waals surface area (Å²) in [6, 6.07) is 12.2. The van der Waals surface area contributed by atoms with Gasteiger partial charge < -0.3 is 9.80 Å². The minimum Gasteiger partial charge on any atom is -0.337 e. The van der Waals surface area contributed by atoms with Crippen LogP contribution >= 0.6 is 0 Å². The summed E-state index contributed by atoms with van der Waals surface area (Å²) in [5.74, 6) is 0.867. The minimum atomic E-state index is 0.0341. The molecule has 23 heavy (non-hydrogen) atoms. The molecule has 1 aromatic heterocycles. The van der Waals surface area contributed by atoms with E-state index >= 15 is 0 Å². The van der Waals surface area contributed by atoms with Gasteiger partial charge >= 0.3 is 0 Å². The summed E-state index contributed by atoms with van der Waals surface area (Å²) in [6.45, 7) is 7.76. The topological polar surface area (TPSA) is 49.3 Å². The summed E-state index contributed by atoms with van der Waals surface area (Å²) in [4.78, 5) is 25.3. The zero-order valence-electron chi connectivity index (χ0n) is 13.9. The van der Waals surface area contributed by atoms with Crippen molar-refractivity contribution in [3.8, 4) is 0 Å². The van der Waals surface area contributed by atoms with E-state index in [2.05, 4.69) is 27.0 Å². The Labute approximate surface area is 137 Å². The fourth-order valence-corrected chi connectivity index (χ4v) is 3.15. The van der Waals surface area contributed by atoms with Crippen molar-refractivity contribution >= 4 is 11.9 Å². The van der Waals surface area contributed by atoms with Crippen LogP contribution in [0.1, 0.15) is 29.9 Å². The van der Waals surface area contributed by atoms with Gasteiger partial charge in [-0.2, -0.15) is 0 Å². The van der Waals surface area contributed by atoms with Crippen LogP contribution in [0.3, 0.4) is 0 Å². The fourth-order valence-electron chi connectivity index (χ4n) is 3.15. The number of hydrogen-bond donors (Lipinski definition) is 0. The summed E-state index contributed by atoms with van der Waals surface area (Å²) in [5.41, 5.74) is 3.09. The van der Waals surface area contributed by atoms with E-state index in [9.17, 15) is 4.79 Å². The standard InChI is InChI=1S/C18H22N4O/c1-13-11-14(2)20-18(19-13)21-9-10-22(15(3)23)17(12-21)16-7-5-4-6-8-16/h4-8,11,17H,9-10,12H2,1-3H3/t17-/m1/s1. The molecule has 1 aliphatic heterocycles. The Balaban J connectivity index is 1.90. The van der Waals surface area contributed by atoms with Crippen LogP contribution < -0.4 is 4.90 Å². The maximum Gasteiger partial charge on any atom is 0.225 e. The molecule has 1 amide bonds. The molecule has 1 aliphatic rings. The summed E-state index contributed by atoms with van der Waals surface area (Å²) in [7, 11) is 0. The van der Waals surface area contributed by atoms with Gasteiger partial charge in [0.05, 0.1) is 6.04 Å². The van der Waals surface area contributed by atoms with Crippen molar-refractivity contribution < 1.29 is 4.79 Å². The Hall–Kier alpha value is -2.43. The minimum absolute atomic E-state index is 0.0341. The highest BCUT2D eigenvalue weighted by Crippen LogP contribution is 2.27. The molecule has 0 aliphatic carbocycles. The average Bonchev–Trinajstić information content (AvgIpc) is 2.54. The number of nitrogens with zero attached hydrogens (tertiary/aromatic N) is 4. The molecule has 1 atom stereocenters. The maximum atomic E-state index is 12.0. The summed E-state index contributed by atoms with van der Waals surface area (Å²) < 4.78 is 0. The largest absolute Gasteiger partial charge is 0.337 e. The number of benzene rings is 1. The molecule has 1 fully saturated rings. The van der Waals surface area contributed by atoms with Gasteiger partial charge in [-0.15, -0.1) is 0 Å². The number of piperazine rings is 1. The van der Waals surface area contributed by atoms with Crippen molar-refractivity contribution in [3.63, 3.8) is 0 Å². The normalized spacial score (nSPS) is 18.1. The van der Waals surface area contributed by atoms with Gasteiger partial charge in [0.25, 0.3) is 0 Å². The number of aryl methyl sites for hydroxylation is 2. The lowest BCUT2D eigenvalue weighted by molar-refractivity contribution is -0.131. The summed E-state index contributed by atoms with van der Waals surface area (Å²) in [5, 5.41) is 0. The van der Waals surface area contributed by atoms with Crippen molar-refractivity contribution in [3.05, 3.63) is 53.3 Å². The second-order valence-electron chi connectivity index (χ2n) is 6.04. The van der Waals surface area contributed by atoms with Crippen molar-refractivity contribution in [2.75, 3.05) is 24.5 Å². The molecular formula is C18H22N4O. The lowest BCUT2D eigenvalue weighted by atomic mass is 10.0. The molecule has 1 aromatic carbocycles. The van der Waals surface area contributed by atoms with Crippen LogP contribution in [0.15, 0.2) is 36.4 Å². The van der Waals surface area contributed by atoms with Crippen LogP contribution in [0.4, 0.5) is 5.95 Å². The fraction of sp³-hybridized carbons (Fsp3) is 0.389. The number of carbonyl (C=O) groups is 1. The third kappa shape index (κ3) is 3.33. The van der Waals surface area contributed by atoms with Crippen molar-refractivity contribution in [2.24, 2.45) is 0 Å². The average molecular weight is 310 g/mol. The molecule has 2 heterocycles. The number of carbonyl (C=O) groups excluding carboxylic acids is 1. The second kappa shape index (κ2) is 6.36.